The summed E-state index contributed by atoms with van der Waals surface area (Å²) >= 11 is 2.88. The zero-order valence-electron chi connectivity index (χ0n) is 33.0. The van der Waals surface area contributed by atoms with Gasteiger partial charge in [0, 0.05) is 30.1 Å². The number of para-hydroxylation sites is 1. The van der Waals surface area contributed by atoms with E-state index < -0.39 is 11.8 Å². The summed E-state index contributed by atoms with van der Waals surface area (Å²) in [7, 11) is 3.85. The fourth-order valence-electron chi connectivity index (χ4n) is 6.51. The number of halogens is 1. The molecule has 1 aliphatic rings. The van der Waals surface area contributed by atoms with Crippen molar-refractivity contribution in [1.82, 2.24) is 35.3 Å². The molecule has 57 heavy (non-hydrogen) atoms. The summed E-state index contributed by atoms with van der Waals surface area (Å²) in [4.78, 5) is 28.8. The molecular weight excluding hydrogens is 762 g/mol. The number of hydrogen-bond donors (Lipinski definition) is 3. The number of rotatable bonds is 20. The highest BCUT2D eigenvalue weighted by Crippen LogP contribution is 2.34. The number of ether oxygens (including phenoxy) is 1. The number of nitrogens with one attached hydrogen (secondary N) is 2. The largest absolute Gasteiger partial charge is 0.491 e. The topological polar surface area (TPSA) is 132 Å². The van der Waals surface area contributed by atoms with Crippen molar-refractivity contribution in [3.8, 4) is 17.6 Å². The van der Waals surface area contributed by atoms with Gasteiger partial charge in [-0.15, -0.1) is 21.5 Å². The molecule has 1 saturated heterocycles. The number of unbranched alkanes of at least 4 members (excludes halogenated alkanes) is 2. The van der Waals surface area contributed by atoms with E-state index >= 15 is 0 Å². The van der Waals surface area contributed by atoms with Gasteiger partial charge in [0.05, 0.1) is 23.4 Å². The van der Waals surface area contributed by atoms with Crippen LogP contribution in [0.15, 0.2) is 48.5 Å². The van der Waals surface area contributed by atoms with Crippen molar-refractivity contribution in [2.24, 2.45) is 0 Å². The Labute approximate surface area is 342 Å². The predicted octanol–water partition coefficient (Wildman–Crippen LogP) is 7.74. The third-order valence-corrected chi connectivity index (χ3v) is 11.6. The van der Waals surface area contributed by atoms with Gasteiger partial charge in [0.1, 0.15) is 0 Å². The molecule has 3 N–H and O–H groups in total. The number of thiazole rings is 2. The van der Waals surface area contributed by atoms with Crippen molar-refractivity contribution in [3.63, 3.8) is 0 Å². The summed E-state index contributed by atoms with van der Waals surface area (Å²) in [6.45, 7) is 8.79. The number of nitrogens with zero attached hydrogens (tertiary/aromatic N) is 7. The molecule has 302 valence electrons. The van der Waals surface area contributed by atoms with Crippen LogP contribution in [0.5, 0.6) is 5.75 Å². The summed E-state index contributed by atoms with van der Waals surface area (Å²) in [6.07, 6.45) is 7.70. The minimum Gasteiger partial charge on any atom is -0.491 e. The number of fused-ring (bicyclic) bond motifs is 1. The van der Waals surface area contributed by atoms with Gasteiger partial charge >= 0.3 is 5.97 Å². The fourth-order valence-corrected chi connectivity index (χ4v) is 8.50. The number of aromatic nitrogens is 4. The Bertz CT molecular complexity index is 2110. The van der Waals surface area contributed by atoms with Gasteiger partial charge in [-0.25, -0.2) is 19.2 Å². The molecule has 3 aromatic heterocycles. The van der Waals surface area contributed by atoms with Gasteiger partial charge < -0.3 is 30.3 Å². The lowest BCUT2D eigenvalue weighted by Crippen LogP contribution is -2.36. The molecule has 4 heterocycles. The highest BCUT2D eigenvalue weighted by atomic mass is 32.1. The number of carbonyl (C=O) groups is 1. The Morgan fingerprint density at radius 3 is 2.61 bits per heavy atom. The maximum atomic E-state index is 14.8. The number of anilines is 4. The quantitative estimate of drug-likeness (QED) is 0.0525. The van der Waals surface area contributed by atoms with Gasteiger partial charge in [-0.2, -0.15) is 0 Å². The van der Waals surface area contributed by atoms with E-state index in [-0.39, 0.29) is 18.1 Å². The first-order valence-electron chi connectivity index (χ1n) is 19.7. The van der Waals surface area contributed by atoms with E-state index in [2.05, 4.69) is 47.5 Å². The van der Waals surface area contributed by atoms with Gasteiger partial charge in [-0.3, -0.25) is 4.90 Å². The number of aryl methyl sites for hydroxylation is 2. The second kappa shape index (κ2) is 21.2. The first-order chi connectivity index (χ1) is 27.7. The minimum absolute atomic E-state index is 0.00328. The van der Waals surface area contributed by atoms with Crippen LogP contribution in [0.3, 0.4) is 0 Å². The molecule has 15 heteroatoms. The van der Waals surface area contributed by atoms with Gasteiger partial charge in [-0.1, -0.05) is 48.2 Å². The van der Waals surface area contributed by atoms with Gasteiger partial charge in [0.2, 0.25) is 0 Å². The number of benzene rings is 2. The van der Waals surface area contributed by atoms with Crippen molar-refractivity contribution >= 4 is 60.8 Å². The van der Waals surface area contributed by atoms with Crippen LogP contribution in [0.1, 0.15) is 71.4 Å². The summed E-state index contributed by atoms with van der Waals surface area (Å²) in [6, 6.07) is 14.6. The molecule has 0 aliphatic carbocycles. The molecule has 0 spiro atoms. The minimum atomic E-state index is -1.10. The van der Waals surface area contributed by atoms with Crippen LogP contribution >= 0.6 is 22.7 Å². The lowest BCUT2D eigenvalue weighted by atomic mass is 10.1. The average molecular weight is 814 g/mol. The summed E-state index contributed by atoms with van der Waals surface area (Å²) in [5.74, 6) is 5.70. The number of carboxylic acids is 1. The molecule has 0 saturated carbocycles. The first-order valence-corrected chi connectivity index (χ1v) is 21.3. The molecule has 1 fully saturated rings. The van der Waals surface area contributed by atoms with Crippen LogP contribution in [0.4, 0.5) is 26.3 Å². The fraction of sp³-hybridized carbons (Fsp3) is 0.452. The molecule has 5 aromatic rings. The lowest BCUT2D eigenvalue weighted by molar-refractivity contribution is 0.0690. The average Bonchev–Trinajstić information content (AvgIpc) is 3.82. The highest BCUT2D eigenvalue weighted by Gasteiger charge is 2.23. The second-order valence-electron chi connectivity index (χ2n) is 14.4. The SMILES string of the molecule is Cc1cc(N(CCCCCNCCN2CCCCC2)c2nc(C(=O)O)c(CCCOc3ccc(C#CCN(C)C)cc3F)s2)nnc1Nc1nc2ccccc2s1. The number of piperidine rings is 1. The van der Waals surface area contributed by atoms with E-state index in [0.29, 0.717) is 53.1 Å². The molecule has 0 unspecified atom stereocenters. The lowest BCUT2D eigenvalue weighted by Gasteiger charge is -2.26. The van der Waals surface area contributed by atoms with E-state index in [9.17, 15) is 14.3 Å². The van der Waals surface area contributed by atoms with E-state index in [4.69, 9.17) is 4.74 Å². The number of carboxylic acid groups (broad SMARTS) is 1. The molecule has 2 aromatic carbocycles. The molecule has 12 nitrogen and oxygen atoms in total. The third-order valence-electron chi connectivity index (χ3n) is 9.54. The Morgan fingerprint density at radius 2 is 1.84 bits per heavy atom. The number of hydrogen-bond acceptors (Lipinski definition) is 13. The van der Waals surface area contributed by atoms with Crippen LogP contribution in [0.2, 0.25) is 0 Å². The summed E-state index contributed by atoms with van der Waals surface area (Å²) in [5.41, 5.74) is 2.37. The first kappa shape index (κ1) is 41.9. The molecule has 0 amide bonds. The molecule has 0 radical (unpaired) electrons. The maximum Gasteiger partial charge on any atom is 0.355 e. The van der Waals surface area contributed by atoms with Crippen LogP contribution < -0.4 is 20.3 Å². The Morgan fingerprint density at radius 1 is 1.00 bits per heavy atom. The predicted molar refractivity (Wildman–Crippen MR) is 228 cm³/mol. The van der Waals surface area contributed by atoms with Crippen molar-refractivity contribution in [2.75, 3.05) is 76.7 Å². The van der Waals surface area contributed by atoms with E-state index in [1.165, 1.54) is 49.8 Å². The number of likely N-dealkylation sites (tertiary alicyclic amines) is 1. The normalized spacial score (nSPS) is 13.1. The maximum absolute atomic E-state index is 14.8. The van der Waals surface area contributed by atoms with Crippen LogP contribution in [-0.4, -0.2) is 108 Å². The van der Waals surface area contributed by atoms with Gasteiger partial charge in [-0.05, 0) is 121 Å². The van der Waals surface area contributed by atoms with Crippen molar-refractivity contribution in [2.45, 2.75) is 58.3 Å². The van der Waals surface area contributed by atoms with Crippen molar-refractivity contribution < 1.29 is 19.0 Å². The van der Waals surface area contributed by atoms with Gasteiger partial charge in [0.15, 0.2) is 39.2 Å². The smallest absolute Gasteiger partial charge is 0.355 e. The molecular formula is C42H52FN9O3S2. The van der Waals surface area contributed by atoms with Crippen molar-refractivity contribution in [1.29, 1.82) is 0 Å². The standard InChI is InChI=1S/C42H52FN9O3S2/c1-30-28-37(48-49-39(30)47-41-45-33-15-6-7-16-35(33)56-41)52(25-11-4-8-20-44-21-26-51-23-9-5-10-24-51)42-46-38(40(53)54)36(57-42)17-13-27-55-34-19-18-31(29-32(34)43)14-12-22-50(2)3/h6-7,15-16,18-19,28-29,44H,4-5,8-11,13,17,20-27H2,1-3H3,(H,53,54)(H,45,47,49). The van der Waals surface area contributed by atoms with Gasteiger partial charge in [0.25, 0.3) is 0 Å². The van der Waals surface area contributed by atoms with Crippen LogP contribution in [0.25, 0.3) is 10.2 Å². The van der Waals surface area contributed by atoms with Crippen LogP contribution in [-0.2, 0) is 6.42 Å². The highest BCUT2D eigenvalue weighted by molar-refractivity contribution is 7.22. The third kappa shape index (κ3) is 12.4. The molecule has 1 aliphatic heterocycles. The number of aromatic carboxylic acids is 1. The van der Waals surface area contributed by atoms with Crippen molar-refractivity contribution in [3.05, 3.63) is 76.0 Å². The summed E-state index contributed by atoms with van der Waals surface area (Å²) < 4.78 is 21.6. The van der Waals surface area contributed by atoms with Crippen LogP contribution in [0, 0.1) is 24.6 Å². The second-order valence-corrected chi connectivity index (χ2v) is 16.5. The molecule has 0 bridgehead atoms. The zero-order valence-corrected chi connectivity index (χ0v) is 34.7. The Balaban J connectivity index is 1.10. The molecule has 6 rings (SSSR count). The van der Waals surface area contributed by atoms with E-state index in [0.717, 1.165) is 59.8 Å². The zero-order chi connectivity index (χ0) is 40.0. The Kier molecular flexibility index (Phi) is 15.6. The van der Waals surface area contributed by atoms with E-state index in [1.807, 2.05) is 61.2 Å². The summed E-state index contributed by atoms with van der Waals surface area (Å²) in [5, 5.41) is 27.5. The van der Waals surface area contributed by atoms with E-state index in [1.54, 1.807) is 23.5 Å². The molecule has 0 atom stereocenters. The Hall–Kier alpha value is -4.72. The monoisotopic (exact) mass is 813 g/mol.